The number of carbonyl (C=O) groups excluding carboxylic acids is 1. The monoisotopic (exact) mass is 288 g/mol. The van der Waals surface area contributed by atoms with E-state index in [1.54, 1.807) is 0 Å². The number of hydrogen-bond donors (Lipinski definition) is 1. The molecule has 1 fully saturated rings. The van der Waals surface area contributed by atoms with Crippen LogP contribution in [0, 0.1) is 5.92 Å². The molecule has 0 aliphatic carbocycles. The van der Waals surface area contributed by atoms with E-state index in [1.165, 1.54) is 0 Å². The van der Waals surface area contributed by atoms with Crippen molar-refractivity contribution in [2.75, 3.05) is 26.7 Å². The Hall–Kier alpha value is -1.55. The molecular weight excluding hydrogens is 264 g/mol. The number of benzene rings is 1. The van der Waals surface area contributed by atoms with E-state index in [9.17, 15) is 4.79 Å². The summed E-state index contributed by atoms with van der Waals surface area (Å²) in [5.41, 5.74) is 1.15. The minimum atomic E-state index is -0.0406. The Labute approximate surface area is 126 Å². The van der Waals surface area contributed by atoms with Crippen LogP contribution in [0.5, 0.6) is 5.75 Å². The molecule has 0 spiro atoms. The molecule has 2 aliphatic rings. The summed E-state index contributed by atoms with van der Waals surface area (Å²) in [4.78, 5) is 14.7. The number of nitrogens with zero attached hydrogens (tertiary/aromatic N) is 1. The summed E-state index contributed by atoms with van der Waals surface area (Å²) in [7, 11) is 1.96. The summed E-state index contributed by atoms with van der Waals surface area (Å²) in [5.74, 6) is 1.13. The fourth-order valence-corrected chi connectivity index (χ4v) is 3.34. The molecule has 0 radical (unpaired) electrons. The van der Waals surface area contributed by atoms with Gasteiger partial charge in [-0.05, 0) is 50.4 Å². The second-order valence-electron chi connectivity index (χ2n) is 6.10. The number of hydrogen-bond acceptors (Lipinski definition) is 3. The van der Waals surface area contributed by atoms with Crippen molar-refractivity contribution in [3.63, 3.8) is 0 Å². The lowest BCUT2D eigenvalue weighted by Crippen LogP contribution is -2.44. The van der Waals surface area contributed by atoms with Gasteiger partial charge in [-0.2, -0.15) is 0 Å². The van der Waals surface area contributed by atoms with Crippen molar-refractivity contribution in [3.05, 3.63) is 29.8 Å². The molecule has 2 unspecified atom stereocenters. The first kappa shape index (κ1) is 14.4. The number of carbonyl (C=O) groups is 1. The largest absolute Gasteiger partial charge is 0.492 e. The van der Waals surface area contributed by atoms with Crippen molar-refractivity contribution in [1.82, 2.24) is 10.2 Å². The van der Waals surface area contributed by atoms with E-state index in [-0.39, 0.29) is 11.8 Å². The smallest absolute Gasteiger partial charge is 0.229 e. The van der Waals surface area contributed by atoms with Gasteiger partial charge < -0.3 is 15.0 Å². The van der Waals surface area contributed by atoms with Crippen LogP contribution in [-0.2, 0) is 11.2 Å². The fourth-order valence-electron chi connectivity index (χ4n) is 3.34. The van der Waals surface area contributed by atoms with Crippen molar-refractivity contribution in [3.8, 4) is 5.75 Å². The molecule has 4 heteroatoms. The van der Waals surface area contributed by atoms with Crippen LogP contribution in [0.4, 0.5) is 0 Å². The topological polar surface area (TPSA) is 41.6 Å². The van der Waals surface area contributed by atoms with Gasteiger partial charge in [-0.15, -0.1) is 0 Å². The van der Waals surface area contributed by atoms with Gasteiger partial charge in [0, 0.05) is 13.1 Å². The van der Waals surface area contributed by atoms with Crippen molar-refractivity contribution in [2.45, 2.75) is 31.7 Å². The summed E-state index contributed by atoms with van der Waals surface area (Å²) in [6.07, 6.45) is 4.09. The Morgan fingerprint density at radius 2 is 2.14 bits per heavy atom. The first-order chi connectivity index (χ1) is 10.3. The van der Waals surface area contributed by atoms with E-state index in [0.717, 1.165) is 50.1 Å². The summed E-state index contributed by atoms with van der Waals surface area (Å²) >= 11 is 0. The SMILES string of the molecule is CN(C(=O)C1COc2ccccc2C1)C1CCCNCC1. The molecule has 2 heterocycles. The molecule has 1 saturated heterocycles. The highest BCUT2D eigenvalue weighted by molar-refractivity contribution is 5.79. The molecule has 1 amide bonds. The Morgan fingerprint density at radius 3 is 3.05 bits per heavy atom. The van der Waals surface area contributed by atoms with Crippen molar-refractivity contribution >= 4 is 5.91 Å². The molecule has 0 bridgehead atoms. The summed E-state index contributed by atoms with van der Waals surface area (Å²) in [5, 5.41) is 3.40. The maximum Gasteiger partial charge on any atom is 0.229 e. The Balaban J connectivity index is 1.65. The van der Waals surface area contributed by atoms with Crippen LogP contribution in [0.1, 0.15) is 24.8 Å². The number of para-hydroxylation sites is 1. The Bertz CT molecular complexity index is 495. The summed E-state index contributed by atoms with van der Waals surface area (Å²) in [6, 6.07) is 8.40. The van der Waals surface area contributed by atoms with Gasteiger partial charge in [0.25, 0.3) is 0 Å². The third-order valence-electron chi connectivity index (χ3n) is 4.67. The molecule has 3 rings (SSSR count). The van der Waals surface area contributed by atoms with Crippen molar-refractivity contribution < 1.29 is 9.53 Å². The van der Waals surface area contributed by atoms with E-state index < -0.39 is 0 Å². The van der Waals surface area contributed by atoms with Crippen LogP contribution in [-0.4, -0.2) is 43.6 Å². The zero-order valence-electron chi connectivity index (χ0n) is 12.7. The van der Waals surface area contributed by atoms with Crippen LogP contribution in [0.25, 0.3) is 0 Å². The van der Waals surface area contributed by atoms with Gasteiger partial charge >= 0.3 is 0 Å². The fraction of sp³-hybridized carbons (Fsp3) is 0.588. The molecule has 21 heavy (non-hydrogen) atoms. The molecule has 114 valence electrons. The lowest BCUT2D eigenvalue weighted by atomic mass is 9.94. The molecule has 1 aromatic rings. The first-order valence-corrected chi connectivity index (χ1v) is 7.94. The third kappa shape index (κ3) is 3.21. The van der Waals surface area contributed by atoms with E-state index in [2.05, 4.69) is 11.4 Å². The van der Waals surface area contributed by atoms with Gasteiger partial charge in [-0.1, -0.05) is 18.2 Å². The number of nitrogens with one attached hydrogen (secondary N) is 1. The molecule has 2 aliphatic heterocycles. The minimum Gasteiger partial charge on any atom is -0.492 e. The molecule has 0 aromatic heterocycles. The van der Waals surface area contributed by atoms with Gasteiger partial charge in [-0.3, -0.25) is 4.79 Å². The highest BCUT2D eigenvalue weighted by atomic mass is 16.5. The molecule has 1 N–H and O–H groups in total. The Kier molecular flexibility index (Phi) is 4.44. The second-order valence-corrected chi connectivity index (χ2v) is 6.10. The predicted molar refractivity (Wildman–Crippen MR) is 82.4 cm³/mol. The summed E-state index contributed by atoms with van der Waals surface area (Å²) < 4.78 is 5.76. The third-order valence-corrected chi connectivity index (χ3v) is 4.67. The zero-order valence-corrected chi connectivity index (χ0v) is 12.7. The number of fused-ring (bicyclic) bond motifs is 1. The number of rotatable bonds is 2. The van der Waals surface area contributed by atoms with Crippen LogP contribution >= 0.6 is 0 Å². The average molecular weight is 288 g/mol. The van der Waals surface area contributed by atoms with Crippen LogP contribution in [0.15, 0.2) is 24.3 Å². The van der Waals surface area contributed by atoms with E-state index in [4.69, 9.17) is 4.74 Å². The maximum atomic E-state index is 12.7. The van der Waals surface area contributed by atoms with E-state index in [1.807, 2.05) is 30.1 Å². The quantitative estimate of drug-likeness (QED) is 0.903. The molecule has 4 nitrogen and oxygen atoms in total. The lowest BCUT2D eigenvalue weighted by molar-refractivity contribution is -0.137. The van der Waals surface area contributed by atoms with Gasteiger partial charge in [-0.25, -0.2) is 0 Å². The van der Waals surface area contributed by atoms with Crippen LogP contribution in [0.2, 0.25) is 0 Å². The second kappa shape index (κ2) is 6.48. The number of amides is 1. The summed E-state index contributed by atoms with van der Waals surface area (Å²) in [6.45, 7) is 2.58. The van der Waals surface area contributed by atoms with Gasteiger partial charge in [0.2, 0.25) is 5.91 Å². The van der Waals surface area contributed by atoms with Crippen molar-refractivity contribution in [2.24, 2.45) is 5.92 Å². The predicted octanol–water partition coefficient (Wildman–Crippen LogP) is 1.84. The van der Waals surface area contributed by atoms with Gasteiger partial charge in [0.15, 0.2) is 0 Å². The molecule has 0 saturated carbocycles. The van der Waals surface area contributed by atoms with Gasteiger partial charge in [0.1, 0.15) is 12.4 Å². The van der Waals surface area contributed by atoms with Gasteiger partial charge in [0.05, 0.1) is 5.92 Å². The van der Waals surface area contributed by atoms with E-state index >= 15 is 0 Å². The minimum absolute atomic E-state index is 0.0406. The molecule has 1 aromatic carbocycles. The Morgan fingerprint density at radius 1 is 1.29 bits per heavy atom. The zero-order chi connectivity index (χ0) is 14.7. The average Bonchev–Trinajstić information content (AvgIpc) is 2.82. The maximum absolute atomic E-state index is 12.7. The van der Waals surface area contributed by atoms with E-state index in [0.29, 0.717) is 12.6 Å². The first-order valence-electron chi connectivity index (χ1n) is 7.94. The van der Waals surface area contributed by atoms with Crippen molar-refractivity contribution in [1.29, 1.82) is 0 Å². The number of ether oxygens (including phenoxy) is 1. The molecular formula is C17H24N2O2. The standard InChI is InChI=1S/C17H24N2O2/c1-19(15-6-4-9-18-10-8-15)17(20)14-11-13-5-2-3-7-16(13)21-12-14/h2-3,5,7,14-15,18H,4,6,8-12H2,1H3. The highest BCUT2D eigenvalue weighted by Gasteiger charge is 2.31. The van der Waals surface area contributed by atoms with Crippen LogP contribution in [0.3, 0.4) is 0 Å². The highest BCUT2D eigenvalue weighted by Crippen LogP contribution is 2.28. The lowest BCUT2D eigenvalue weighted by Gasteiger charge is -2.32. The molecule has 2 atom stereocenters. The van der Waals surface area contributed by atoms with Crippen LogP contribution < -0.4 is 10.1 Å². The normalized spacial score (nSPS) is 25.4.